The monoisotopic (exact) mass is 375 g/mol. The van der Waals surface area contributed by atoms with Crippen molar-refractivity contribution in [2.45, 2.75) is 44.9 Å². The van der Waals surface area contributed by atoms with E-state index in [1.54, 1.807) is 11.3 Å². The van der Waals surface area contributed by atoms with Crippen molar-refractivity contribution in [3.8, 4) is 0 Å². The Hall–Kier alpha value is -1.73. The number of aromatic nitrogens is 2. The molecule has 6 nitrogen and oxygen atoms in total. The summed E-state index contributed by atoms with van der Waals surface area (Å²) in [4.78, 5) is 21.1. The van der Waals surface area contributed by atoms with Crippen molar-refractivity contribution in [2.75, 3.05) is 26.3 Å². The number of hydrogen-bond donors (Lipinski definition) is 0. The molecule has 1 atom stereocenters. The van der Waals surface area contributed by atoms with E-state index in [0.717, 1.165) is 41.7 Å². The third-order valence-electron chi connectivity index (χ3n) is 5.01. The third kappa shape index (κ3) is 4.32. The van der Waals surface area contributed by atoms with Crippen LogP contribution in [0.3, 0.4) is 0 Å². The van der Waals surface area contributed by atoms with Gasteiger partial charge in [-0.1, -0.05) is 5.16 Å². The Morgan fingerprint density at radius 1 is 1.38 bits per heavy atom. The number of rotatable bonds is 7. The average molecular weight is 375 g/mol. The van der Waals surface area contributed by atoms with E-state index in [1.165, 1.54) is 12.8 Å². The van der Waals surface area contributed by atoms with Crippen LogP contribution < -0.4 is 0 Å². The van der Waals surface area contributed by atoms with Gasteiger partial charge in [0.1, 0.15) is 0 Å². The van der Waals surface area contributed by atoms with Gasteiger partial charge in [0.15, 0.2) is 5.82 Å². The summed E-state index contributed by atoms with van der Waals surface area (Å²) < 4.78 is 11.1. The van der Waals surface area contributed by atoms with E-state index in [9.17, 15) is 4.79 Å². The maximum absolute atomic E-state index is 12.7. The lowest BCUT2D eigenvalue weighted by atomic mass is 9.98. The molecule has 1 amide bonds. The number of nitrogens with zero attached hydrogens (tertiary/aromatic N) is 3. The van der Waals surface area contributed by atoms with Crippen LogP contribution in [-0.2, 0) is 11.2 Å². The van der Waals surface area contributed by atoms with Crippen molar-refractivity contribution in [1.82, 2.24) is 15.0 Å². The molecule has 1 aliphatic heterocycles. The molecule has 0 N–H and O–H groups in total. The van der Waals surface area contributed by atoms with Crippen molar-refractivity contribution in [3.63, 3.8) is 0 Å². The van der Waals surface area contributed by atoms with Gasteiger partial charge in [-0.25, -0.2) is 0 Å². The average Bonchev–Trinajstić information content (AvgIpc) is 3.18. The van der Waals surface area contributed by atoms with E-state index in [0.29, 0.717) is 31.3 Å². The fourth-order valence-corrected chi connectivity index (χ4v) is 4.14. The summed E-state index contributed by atoms with van der Waals surface area (Å²) >= 11 is 1.55. The summed E-state index contributed by atoms with van der Waals surface area (Å²) in [6.07, 6.45) is 5.22. The zero-order chi connectivity index (χ0) is 17.9. The van der Waals surface area contributed by atoms with Crippen LogP contribution in [0.4, 0.5) is 0 Å². The van der Waals surface area contributed by atoms with Crippen LogP contribution in [0.15, 0.2) is 16.7 Å². The van der Waals surface area contributed by atoms with Gasteiger partial charge in [0.2, 0.25) is 5.89 Å². The Bertz CT molecular complexity index is 753. The summed E-state index contributed by atoms with van der Waals surface area (Å²) in [5, 5.41) is 4.09. The van der Waals surface area contributed by atoms with Crippen LogP contribution in [0.2, 0.25) is 0 Å². The van der Waals surface area contributed by atoms with Crippen molar-refractivity contribution in [2.24, 2.45) is 5.92 Å². The molecule has 2 aliphatic rings. The van der Waals surface area contributed by atoms with E-state index >= 15 is 0 Å². The van der Waals surface area contributed by atoms with Crippen LogP contribution in [0.1, 0.15) is 57.9 Å². The Kier molecular flexibility index (Phi) is 5.36. The SMILES string of the molecule is Cc1ccc(C(=O)N2CCCC(c3nc(CCOCC4CC4)no3)C2)s1. The highest BCUT2D eigenvalue weighted by Gasteiger charge is 2.29. The van der Waals surface area contributed by atoms with E-state index in [4.69, 9.17) is 9.26 Å². The van der Waals surface area contributed by atoms with Crippen molar-refractivity contribution in [3.05, 3.63) is 33.6 Å². The molecule has 1 aliphatic carbocycles. The van der Waals surface area contributed by atoms with Crippen LogP contribution >= 0.6 is 11.3 Å². The molecule has 1 saturated heterocycles. The third-order valence-corrected chi connectivity index (χ3v) is 6.00. The van der Waals surface area contributed by atoms with Gasteiger partial charge in [-0.2, -0.15) is 4.98 Å². The number of ether oxygens (including phenoxy) is 1. The highest BCUT2D eigenvalue weighted by molar-refractivity contribution is 7.13. The first-order valence-electron chi connectivity index (χ1n) is 9.45. The number of aryl methyl sites for hydroxylation is 1. The summed E-state index contributed by atoms with van der Waals surface area (Å²) in [5.41, 5.74) is 0. The number of piperidine rings is 1. The fourth-order valence-electron chi connectivity index (χ4n) is 3.30. The van der Waals surface area contributed by atoms with Crippen molar-refractivity contribution in [1.29, 1.82) is 0 Å². The number of likely N-dealkylation sites (tertiary alicyclic amines) is 1. The Morgan fingerprint density at radius 2 is 2.27 bits per heavy atom. The highest BCUT2D eigenvalue weighted by Crippen LogP contribution is 2.29. The van der Waals surface area contributed by atoms with Crippen LogP contribution in [0.25, 0.3) is 0 Å². The molecule has 2 aromatic rings. The lowest BCUT2D eigenvalue weighted by molar-refractivity contribution is 0.0700. The van der Waals surface area contributed by atoms with Gasteiger partial charge in [-0.05, 0) is 50.7 Å². The molecule has 26 heavy (non-hydrogen) atoms. The fraction of sp³-hybridized carbons (Fsp3) is 0.632. The van der Waals surface area contributed by atoms with Crippen LogP contribution in [0, 0.1) is 12.8 Å². The quantitative estimate of drug-likeness (QED) is 0.694. The standard InChI is InChI=1S/C19H25N3O3S/c1-13-4-7-16(26-13)19(23)22-9-2-3-15(11-22)18-20-17(21-25-18)8-10-24-12-14-5-6-14/h4,7,14-15H,2-3,5-6,8-12H2,1H3. The van der Waals surface area contributed by atoms with E-state index < -0.39 is 0 Å². The molecule has 2 aromatic heterocycles. The zero-order valence-electron chi connectivity index (χ0n) is 15.1. The largest absolute Gasteiger partial charge is 0.381 e. The lowest BCUT2D eigenvalue weighted by Gasteiger charge is -2.30. The number of hydrogen-bond acceptors (Lipinski definition) is 6. The smallest absolute Gasteiger partial charge is 0.263 e. The summed E-state index contributed by atoms with van der Waals surface area (Å²) in [7, 11) is 0. The summed E-state index contributed by atoms with van der Waals surface area (Å²) in [5.74, 6) is 2.37. The van der Waals surface area contributed by atoms with Gasteiger partial charge in [0.05, 0.1) is 17.4 Å². The van der Waals surface area contributed by atoms with E-state index in [1.807, 2.05) is 24.0 Å². The van der Waals surface area contributed by atoms with Gasteiger partial charge in [0.25, 0.3) is 5.91 Å². The van der Waals surface area contributed by atoms with Gasteiger partial charge in [-0.3, -0.25) is 4.79 Å². The van der Waals surface area contributed by atoms with Gasteiger partial charge in [0, 0.05) is 31.0 Å². The topological polar surface area (TPSA) is 68.5 Å². The predicted molar refractivity (Wildman–Crippen MR) is 98.5 cm³/mol. The minimum Gasteiger partial charge on any atom is -0.381 e. The second-order valence-electron chi connectivity index (χ2n) is 7.32. The molecule has 4 rings (SSSR count). The molecule has 1 saturated carbocycles. The first-order valence-corrected chi connectivity index (χ1v) is 10.3. The molecule has 2 fully saturated rings. The predicted octanol–water partition coefficient (Wildman–Crippen LogP) is 3.43. The molecule has 7 heteroatoms. The Labute approximate surface area is 157 Å². The Morgan fingerprint density at radius 3 is 3.04 bits per heavy atom. The molecule has 0 spiro atoms. The van der Waals surface area contributed by atoms with Gasteiger partial charge < -0.3 is 14.2 Å². The van der Waals surface area contributed by atoms with Crippen LogP contribution in [0.5, 0.6) is 0 Å². The molecular weight excluding hydrogens is 350 g/mol. The summed E-state index contributed by atoms with van der Waals surface area (Å²) in [6.45, 7) is 4.96. The van der Waals surface area contributed by atoms with Gasteiger partial charge in [-0.15, -0.1) is 11.3 Å². The first-order chi connectivity index (χ1) is 12.7. The molecule has 140 valence electrons. The zero-order valence-corrected chi connectivity index (χ0v) is 16.0. The van der Waals surface area contributed by atoms with Crippen LogP contribution in [-0.4, -0.2) is 47.3 Å². The summed E-state index contributed by atoms with van der Waals surface area (Å²) in [6, 6.07) is 3.91. The van der Waals surface area contributed by atoms with Crippen molar-refractivity contribution < 1.29 is 14.1 Å². The highest BCUT2D eigenvalue weighted by atomic mass is 32.1. The molecule has 1 unspecified atom stereocenters. The van der Waals surface area contributed by atoms with E-state index in [2.05, 4.69) is 10.1 Å². The first kappa shape index (κ1) is 17.7. The van der Waals surface area contributed by atoms with Gasteiger partial charge >= 0.3 is 0 Å². The molecule has 0 aromatic carbocycles. The minimum atomic E-state index is 0.112. The molecular formula is C19H25N3O3S. The van der Waals surface area contributed by atoms with E-state index in [-0.39, 0.29) is 11.8 Å². The number of carbonyl (C=O) groups is 1. The molecule has 0 radical (unpaired) electrons. The lowest BCUT2D eigenvalue weighted by Crippen LogP contribution is -2.38. The molecule has 0 bridgehead atoms. The number of carbonyl (C=O) groups excluding carboxylic acids is 1. The normalized spacial score (nSPS) is 20.5. The van der Waals surface area contributed by atoms with Crippen molar-refractivity contribution >= 4 is 17.2 Å². The number of amides is 1. The second kappa shape index (κ2) is 7.88. The second-order valence-corrected chi connectivity index (χ2v) is 8.61. The maximum Gasteiger partial charge on any atom is 0.263 e. The number of thiophene rings is 1. The Balaban J connectivity index is 1.31. The minimum absolute atomic E-state index is 0.112. The maximum atomic E-state index is 12.7. The molecule has 3 heterocycles.